The zero-order valence-corrected chi connectivity index (χ0v) is 12.4. The molecule has 1 aliphatic heterocycles. The van der Waals surface area contributed by atoms with Crippen molar-refractivity contribution in [2.45, 2.75) is 19.8 Å². The summed E-state index contributed by atoms with van der Waals surface area (Å²) in [6, 6.07) is 4.86. The number of likely N-dealkylation sites (tertiary alicyclic amines) is 1. The Hall–Kier alpha value is -2.18. The summed E-state index contributed by atoms with van der Waals surface area (Å²) in [5.41, 5.74) is 1.16. The first-order valence-electron chi connectivity index (χ1n) is 6.93. The van der Waals surface area contributed by atoms with Crippen LogP contribution in [0.4, 0.5) is 14.5 Å². The maximum atomic E-state index is 12.2. The molecule has 1 aromatic rings. The van der Waals surface area contributed by atoms with E-state index in [0.29, 0.717) is 23.5 Å². The number of anilines is 1. The largest absolute Gasteiger partial charge is 0.487 e. The monoisotopic (exact) mass is 312 g/mol. The van der Waals surface area contributed by atoms with Crippen LogP contribution in [0, 0.1) is 12.8 Å². The summed E-state index contributed by atoms with van der Waals surface area (Å²) in [6.07, 6.45) is -2.37. The smallest absolute Gasteiger partial charge is 0.272 e. The Morgan fingerprint density at radius 2 is 2.23 bits per heavy atom. The van der Waals surface area contributed by atoms with Gasteiger partial charge in [0.2, 0.25) is 11.8 Å². The fourth-order valence-electron chi connectivity index (χ4n) is 2.27. The highest BCUT2D eigenvalue weighted by Gasteiger charge is 2.32. The summed E-state index contributed by atoms with van der Waals surface area (Å²) in [4.78, 5) is 25.1. The number of aryl methyl sites for hydroxylation is 1. The highest BCUT2D eigenvalue weighted by Crippen LogP contribution is 2.24. The van der Waals surface area contributed by atoms with Crippen LogP contribution in [0.25, 0.3) is 0 Å². The molecule has 0 aliphatic carbocycles. The first kappa shape index (κ1) is 16.2. The van der Waals surface area contributed by atoms with Gasteiger partial charge in [-0.2, -0.15) is 0 Å². The third-order valence-corrected chi connectivity index (χ3v) is 3.53. The summed E-state index contributed by atoms with van der Waals surface area (Å²) >= 11 is 0. The third-order valence-electron chi connectivity index (χ3n) is 3.53. The quantitative estimate of drug-likeness (QED) is 0.905. The number of hydrogen-bond acceptors (Lipinski definition) is 3. The van der Waals surface area contributed by atoms with E-state index in [2.05, 4.69) is 5.32 Å². The first-order chi connectivity index (χ1) is 10.4. The highest BCUT2D eigenvalue weighted by molar-refractivity contribution is 5.97. The Morgan fingerprint density at radius 1 is 1.50 bits per heavy atom. The summed E-state index contributed by atoms with van der Waals surface area (Å²) < 4.78 is 29.4. The third kappa shape index (κ3) is 3.93. The van der Waals surface area contributed by atoms with E-state index in [9.17, 15) is 18.4 Å². The fourth-order valence-corrected chi connectivity index (χ4v) is 2.27. The van der Waals surface area contributed by atoms with Crippen LogP contribution in [0.5, 0.6) is 5.75 Å². The molecule has 22 heavy (non-hydrogen) atoms. The van der Waals surface area contributed by atoms with Crippen molar-refractivity contribution in [3.05, 3.63) is 23.8 Å². The van der Waals surface area contributed by atoms with Crippen molar-refractivity contribution < 1.29 is 23.1 Å². The molecular weight excluding hydrogens is 294 g/mol. The molecule has 1 unspecified atom stereocenters. The van der Waals surface area contributed by atoms with Crippen LogP contribution in [0.15, 0.2) is 18.2 Å². The molecule has 0 radical (unpaired) electrons. The number of nitrogens with zero attached hydrogens (tertiary/aromatic N) is 1. The summed E-state index contributed by atoms with van der Waals surface area (Å²) in [5, 5.41) is 2.69. The number of carbonyl (C=O) groups is 2. The highest BCUT2D eigenvalue weighted by atomic mass is 19.3. The van der Waals surface area contributed by atoms with Gasteiger partial charge in [-0.3, -0.25) is 9.59 Å². The predicted molar refractivity (Wildman–Crippen MR) is 77.1 cm³/mol. The molecule has 1 N–H and O–H groups in total. The van der Waals surface area contributed by atoms with E-state index in [1.165, 1.54) is 11.0 Å². The topological polar surface area (TPSA) is 58.6 Å². The Kier molecular flexibility index (Phi) is 4.95. The predicted octanol–water partition coefficient (Wildman–Crippen LogP) is 2.06. The molecule has 1 heterocycles. The normalized spacial score (nSPS) is 18.0. The van der Waals surface area contributed by atoms with Crippen molar-refractivity contribution in [2.24, 2.45) is 5.92 Å². The molecular formula is C15H18F2N2O3. The second-order valence-corrected chi connectivity index (χ2v) is 5.35. The van der Waals surface area contributed by atoms with Gasteiger partial charge < -0.3 is 15.0 Å². The van der Waals surface area contributed by atoms with E-state index < -0.39 is 19.0 Å². The summed E-state index contributed by atoms with van der Waals surface area (Å²) in [6.45, 7) is 1.42. The van der Waals surface area contributed by atoms with Crippen LogP contribution in [-0.4, -0.2) is 43.3 Å². The lowest BCUT2D eigenvalue weighted by Crippen LogP contribution is -2.25. The van der Waals surface area contributed by atoms with Crippen molar-refractivity contribution >= 4 is 17.5 Å². The number of alkyl halides is 2. The minimum Gasteiger partial charge on any atom is -0.487 e. The van der Waals surface area contributed by atoms with Crippen LogP contribution in [0.2, 0.25) is 0 Å². The lowest BCUT2D eigenvalue weighted by atomic mass is 10.1. The molecule has 7 heteroatoms. The first-order valence-corrected chi connectivity index (χ1v) is 6.93. The van der Waals surface area contributed by atoms with E-state index in [1.54, 1.807) is 26.1 Å². The Labute approximate surface area is 127 Å². The molecule has 2 rings (SSSR count). The van der Waals surface area contributed by atoms with Gasteiger partial charge in [0.1, 0.15) is 12.4 Å². The minimum absolute atomic E-state index is 0.0648. The average Bonchev–Trinajstić information content (AvgIpc) is 2.79. The molecule has 0 saturated carbocycles. The van der Waals surface area contributed by atoms with Gasteiger partial charge in [-0.05, 0) is 18.6 Å². The van der Waals surface area contributed by atoms with Gasteiger partial charge in [0.15, 0.2) is 0 Å². The number of halogens is 2. The number of rotatable bonds is 5. The maximum Gasteiger partial charge on any atom is 0.272 e. The van der Waals surface area contributed by atoms with Crippen LogP contribution >= 0.6 is 0 Å². The molecule has 0 spiro atoms. The number of carbonyl (C=O) groups excluding carboxylic acids is 2. The molecule has 1 atom stereocenters. The van der Waals surface area contributed by atoms with Crippen LogP contribution in [-0.2, 0) is 9.59 Å². The van der Waals surface area contributed by atoms with Gasteiger partial charge in [0.05, 0.1) is 5.92 Å². The van der Waals surface area contributed by atoms with Crippen molar-refractivity contribution in [1.29, 1.82) is 0 Å². The lowest BCUT2D eigenvalue weighted by molar-refractivity contribution is -0.127. The molecule has 0 bridgehead atoms. The van der Waals surface area contributed by atoms with Crippen LogP contribution in [0.3, 0.4) is 0 Å². The number of benzene rings is 1. The zero-order chi connectivity index (χ0) is 16.3. The second kappa shape index (κ2) is 6.72. The molecule has 5 nitrogen and oxygen atoms in total. The molecule has 1 aliphatic rings. The van der Waals surface area contributed by atoms with E-state index in [4.69, 9.17) is 4.74 Å². The average molecular weight is 312 g/mol. The van der Waals surface area contributed by atoms with Gasteiger partial charge >= 0.3 is 0 Å². The van der Waals surface area contributed by atoms with Crippen LogP contribution in [0.1, 0.15) is 12.0 Å². The summed E-state index contributed by atoms with van der Waals surface area (Å²) in [5.74, 6) is -0.423. The van der Waals surface area contributed by atoms with E-state index in [-0.39, 0.29) is 18.2 Å². The van der Waals surface area contributed by atoms with E-state index in [0.717, 1.165) is 0 Å². The van der Waals surface area contributed by atoms with Gasteiger partial charge in [0.25, 0.3) is 6.43 Å². The Balaban J connectivity index is 2.02. The fraction of sp³-hybridized carbons (Fsp3) is 0.467. The number of nitrogens with one attached hydrogen (secondary N) is 1. The molecule has 1 saturated heterocycles. The van der Waals surface area contributed by atoms with Gasteiger partial charge in [-0.15, -0.1) is 0 Å². The Bertz CT molecular complexity index is 578. The molecule has 0 aromatic heterocycles. The zero-order valence-electron chi connectivity index (χ0n) is 12.4. The van der Waals surface area contributed by atoms with E-state index >= 15 is 0 Å². The van der Waals surface area contributed by atoms with Crippen molar-refractivity contribution in [1.82, 2.24) is 4.90 Å². The Morgan fingerprint density at radius 3 is 2.82 bits per heavy atom. The van der Waals surface area contributed by atoms with Crippen molar-refractivity contribution in [3.63, 3.8) is 0 Å². The lowest BCUT2D eigenvalue weighted by Gasteiger charge is -2.13. The molecule has 2 amide bonds. The van der Waals surface area contributed by atoms with Crippen LogP contribution < -0.4 is 10.1 Å². The number of hydrogen-bond donors (Lipinski definition) is 1. The number of ether oxygens (including phenoxy) is 1. The number of amides is 2. The van der Waals surface area contributed by atoms with Crippen molar-refractivity contribution in [2.75, 3.05) is 25.5 Å². The molecule has 1 fully saturated rings. The molecule has 1 aromatic carbocycles. The van der Waals surface area contributed by atoms with Gasteiger partial charge in [-0.25, -0.2) is 8.78 Å². The standard InChI is InChI=1S/C15H18F2N2O3/c1-9-3-4-11(6-12(9)22-8-13(16)17)18-15(21)10-5-14(20)19(2)7-10/h3-4,6,10,13H,5,7-8H2,1-2H3,(H,18,21). The summed E-state index contributed by atoms with van der Waals surface area (Å²) in [7, 11) is 1.65. The molecule has 120 valence electrons. The maximum absolute atomic E-state index is 12.2. The SMILES string of the molecule is Cc1ccc(NC(=O)C2CC(=O)N(C)C2)cc1OCC(F)F. The van der Waals surface area contributed by atoms with Crippen molar-refractivity contribution in [3.8, 4) is 5.75 Å². The minimum atomic E-state index is -2.56. The van der Waals surface area contributed by atoms with Gasteiger partial charge in [0, 0.05) is 31.8 Å². The van der Waals surface area contributed by atoms with E-state index in [1.807, 2.05) is 0 Å². The second-order valence-electron chi connectivity index (χ2n) is 5.35. The van der Waals surface area contributed by atoms with Gasteiger partial charge in [-0.1, -0.05) is 6.07 Å².